The third-order valence-corrected chi connectivity index (χ3v) is 5.97. The molecule has 0 saturated carbocycles. The molecule has 0 spiro atoms. The number of urea groups is 1. The number of anilines is 3. The normalized spacial score (nSPS) is 15.6. The van der Waals surface area contributed by atoms with E-state index in [-0.39, 0.29) is 6.03 Å². The van der Waals surface area contributed by atoms with Gasteiger partial charge in [0.25, 0.3) is 0 Å². The van der Waals surface area contributed by atoms with Crippen LogP contribution in [0.2, 0.25) is 0 Å². The molecule has 34 heavy (non-hydrogen) atoms. The molecule has 2 aliphatic heterocycles. The van der Waals surface area contributed by atoms with E-state index in [4.69, 9.17) is 14.7 Å². The average Bonchev–Trinajstić information content (AvgIpc) is 2.89. The molecule has 0 atom stereocenters. The van der Waals surface area contributed by atoms with Crippen molar-refractivity contribution in [2.24, 2.45) is 0 Å². The number of carbonyl (C=O) groups is 1. The lowest BCUT2D eigenvalue weighted by molar-refractivity contribution is 0.122. The Labute approximate surface area is 198 Å². The molecule has 0 radical (unpaired) electrons. The highest BCUT2D eigenvalue weighted by molar-refractivity contribution is 5.89. The second-order valence-electron chi connectivity index (χ2n) is 8.19. The van der Waals surface area contributed by atoms with E-state index in [0.29, 0.717) is 32.1 Å². The number of morpholine rings is 1. The van der Waals surface area contributed by atoms with Gasteiger partial charge in [-0.2, -0.15) is 0 Å². The first-order chi connectivity index (χ1) is 16.7. The van der Waals surface area contributed by atoms with Gasteiger partial charge in [0.15, 0.2) is 5.82 Å². The van der Waals surface area contributed by atoms with Crippen molar-refractivity contribution in [2.75, 3.05) is 54.5 Å². The summed E-state index contributed by atoms with van der Waals surface area (Å²) >= 11 is 0. The van der Waals surface area contributed by atoms with E-state index in [1.54, 1.807) is 18.6 Å². The number of nitrogens with zero attached hydrogens (tertiary/aromatic N) is 6. The molecule has 1 saturated heterocycles. The fraction of sp³-hybridized carbons (Fsp3) is 0.375. The molecule has 1 aromatic carbocycles. The first kappa shape index (κ1) is 22.0. The largest absolute Gasteiger partial charge is 0.378 e. The first-order valence-electron chi connectivity index (χ1n) is 11.6. The van der Waals surface area contributed by atoms with Crippen molar-refractivity contribution in [2.45, 2.75) is 19.9 Å². The van der Waals surface area contributed by atoms with Gasteiger partial charge in [-0.05, 0) is 37.6 Å². The number of carbonyl (C=O) groups excluding carboxylic acids is 1. The van der Waals surface area contributed by atoms with Crippen molar-refractivity contribution in [1.82, 2.24) is 25.3 Å². The molecular formula is C24H28N8O2. The molecule has 2 aromatic heterocycles. The van der Waals surface area contributed by atoms with Gasteiger partial charge in [-0.3, -0.25) is 4.98 Å². The Morgan fingerprint density at radius 1 is 1.06 bits per heavy atom. The zero-order valence-corrected chi connectivity index (χ0v) is 19.2. The standard InChI is InChI=1S/C24H28N8O2/c1-2-26-24(33)28-18-5-3-17(4-6-18)22-29-20-16-32(21-15-25-8-9-27-21)10-7-19(20)23(30-22)31-11-13-34-14-12-31/h3-6,8-9,15H,2,7,10-14,16H2,1H3,(H2,26,28,33). The van der Waals surface area contributed by atoms with Gasteiger partial charge in [-0.25, -0.2) is 19.7 Å². The van der Waals surface area contributed by atoms with Crippen LogP contribution in [0.4, 0.5) is 22.1 Å². The summed E-state index contributed by atoms with van der Waals surface area (Å²) < 4.78 is 5.57. The monoisotopic (exact) mass is 460 g/mol. The molecule has 10 heteroatoms. The minimum Gasteiger partial charge on any atom is -0.378 e. The predicted molar refractivity (Wildman–Crippen MR) is 130 cm³/mol. The molecular weight excluding hydrogens is 432 g/mol. The maximum absolute atomic E-state index is 11.8. The summed E-state index contributed by atoms with van der Waals surface area (Å²) in [5.74, 6) is 2.51. The topological polar surface area (TPSA) is 108 Å². The Kier molecular flexibility index (Phi) is 6.48. The number of hydrogen-bond acceptors (Lipinski definition) is 8. The van der Waals surface area contributed by atoms with Crippen LogP contribution >= 0.6 is 0 Å². The van der Waals surface area contributed by atoms with Gasteiger partial charge in [-0.15, -0.1) is 0 Å². The number of aromatic nitrogens is 4. The summed E-state index contributed by atoms with van der Waals surface area (Å²) in [6.45, 7) is 6.96. The fourth-order valence-corrected chi connectivity index (χ4v) is 4.27. The fourth-order valence-electron chi connectivity index (χ4n) is 4.27. The highest BCUT2D eigenvalue weighted by atomic mass is 16.5. The lowest BCUT2D eigenvalue weighted by atomic mass is 10.0. The van der Waals surface area contributed by atoms with Crippen molar-refractivity contribution in [1.29, 1.82) is 0 Å². The second kappa shape index (κ2) is 10.0. The van der Waals surface area contributed by atoms with Crippen LogP contribution in [0.5, 0.6) is 0 Å². The summed E-state index contributed by atoms with van der Waals surface area (Å²) in [6.07, 6.45) is 6.03. The van der Waals surface area contributed by atoms with E-state index in [0.717, 1.165) is 54.6 Å². The number of rotatable bonds is 5. The number of benzene rings is 1. The molecule has 5 rings (SSSR count). The summed E-state index contributed by atoms with van der Waals surface area (Å²) in [6, 6.07) is 7.39. The maximum Gasteiger partial charge on any atom is 0.319 e. The van der Waals surface area contributed by atoms with Crippen LogP contribution in [0.15, 0.2) is 42.9 Å². The number of amides is 2. The van der Waals surface area contributed by atoms with Gasteiger partial charge in [0.05, 0.1) is 31.6 Å². The zero-order valence-electron chi connectivity index (χ0n) is 19.2. The summed E-state index contributed by atoms with van der Waals surface area (Å²) in [4.78, 5) is 35.0. The molecule has 2 amide bonds. The molecule has 4 heterocycles. The van der Waals surface area contributed by atoms with Crippen LogP contribution in [0.25, 0.3) is 11.4 Å². The molecule has 2 aliphatic rings. The highest BCUT2D eigenvalue weighted by Crippen LogP contribution is 2.31. The Morgan fingerprint density at radius 2 is 1.88 bits per heavy atom. The van der Waals surface area contributed by atoms with E-state index in [2.05, 4.69) is 30.4 Å². The van der Waals surface area contributed by atoms with Gasteiger partial charge >= 0.3 is 6.03 Å². The molecule has 0 unspecified atom stereocenters. The van der Waals surface area contributed by atoms with Crippen molar-refractivity contribution >= 4 is 23.4 Å². The minimum atomic E-state index is -0.223. The average molecular weight is 461 g/mol. The number of hydrogen-bond donors (Lipinski definition) is 2. The van der Waals surface area contributed by atoms with Gasteiger partial charge < -0.3 is 25.2 Å². The van der Waals surface area contributed by atoms with Crippen molar-refractivity contribution in [3.05, 3.63) is 54.1 Å². The van der Waals surface area contributed by atoms with Crippen molar-refractivity contribution < 1.29 is 9.53 Å². The van der Waals surface area contributed by atoms with E-state index < -0.39 is 0 Å². The maximum atomic E-state index is 11.8. The van der Waals surface area contributed by atoms with Gasteiger partial charge in [0.2, 0.25) is 0 Å². The SMILES string of the molecule is CCNC(=O)Nc1ccc(-c2nc3c(c(N4CCOCC4)n2)CCN(c2cnccn2)C3)cc1. The smallest absolute Gasteiger partial charge is 0.319 e. The summed E-state index contributed by atoms with van der Waals surface area (Å²) in [5, 5.41) is 5.56. The number of ether oxygens (including phenoxy) is 1. The van der Waals surface area contributed by atoms with E-state index in [1.165, 1.54) is 5.56 Å². The quantitative estimate of drug-likeness (QED) is 0.598. The molecule has 176 valence electrons. The Morgan fingerprint density at radius 3 is 2.62 bits per heavy atom. The Bertz CT molecular complexity index is 1130. The van der Waals surface area contributed by atoms with Gasteiger partial charge in [-0.1, -0.05) is 0 Å². The Hall–Kier alpha value is -3.79. The number of fused-ring (bicyclic) bond motifs is 1. The van der Waals surface area contributed by atoms with E-state index in [9.17, 15) is 4.79 Å². The van der Waals surface area contributed by atoms with Gasteiger partial charge in [0, 0.05) is 55.4 Å². The lowest BCUT2D eigenvalue weighted by Crippen LogP contribution is -2.39. The van der Waals surface area contributed by atoms with Crippen LogP contribution in [-0.4, -0.2) is 65.4 Å². The molecule has 0 aliphatic carbocycles. The molecule has 10 nitrogen and oxygen atoms in total. The van der Waals surface area contributed by atoms with Crippen LogP contribution in [-0.2, 0) is 17.7 Å². The third-order valence-electron chi connectivity index (χ3n) is 5.97. The lowest BCUT2D eigenvalue weighted by Gasteiger charge is -2.34. The second-order valence-corrected chi connectivity index (χ2v) is 8.19. The van der Waals surface area contributed by atoms with Crippen molar-refractivity contribution in [3.8, 4) is 11.4 Å². The van der Waals surface area contributed by atoms with Crippen LogP contribution in [0.3, 0.4) is 0 Å². The summed E-state index contributed by atoms with van der Waals surface area (Å²) in [5.41, 5.74) is 3.82. The van der Waals surface area contributed by atoms with Crippen LogP contribution in [0, 0.1) is 0 Å². The highest BCUT2D eigenvalue weighted by Gasteiger charge is 2.27. The van der Waals surface area contributed by atoms with Crippen molar-refractivity contribution in [3.63, 3.8) is 0 Å². The molecule has 3 aromatic rings. The zero-order chi connectivity index (χ0) is 23.3. The Balaban J connectivity index is 1.47. The molecule has 0 bridgehead atoms. The third kappa shape index (κ3) is 4.76. The molecule has 1 fully saturated rings. The summed E-state index contributed by atoms with van der Waals surface area (Å²) in [7, 11) is 0. The molecule has 2 N–H and O–H groups in total. The first-order valence-corrected chi connectivity index (χ1v) is 11.6. The van der Waals surface area contributed by atoms with Gasteiger partial charge in [0.1, 0.15) is 11.6 Å². The van der Waals surface area contributed by atoms with E-state index >= 15 is 0 Å². The van der Waals surface area contributed by atoms with Crippen LogP contribution in [0.1, 0.15) is 18.2 Å². The van der Waals surface area contributed by atoms with E-state index in [1.807, 2.05) is 31.2 Å². The number of nitrogens with one attached hydrogen (secondary N) is 2. The van der Waals surface area contributed by atoms with Crippen LogP contribution < -0.4 is 20.4 Å². The minimum absolute atomic E-state index is 0.223. The predicted octanol–water partition coefficient (Wildman–Crippen LogP) is 2.47.